The molecule has 0 aliphatic carbocycles. The van der Waals surface area contributed by atoms with Gasteiger partial charge < -0.3 is 15.0 Å². The molecular formula is C22H29N5O3S. The number of nitrogens with zero attached hydrogens (tertiary/aromatic N) is 4. The average Bonchev–Trinajstić information content (AvgIpc) is 3.25. The highest BCUT2D eigenvalue weighted by atomic mass is 32.1. The number of piperidine rings is 1. The van der Waals surface area contributed by atoms with E-state index in [1.807, 2.05) is 43.0 Å². The number of hydrogen-bond donors (Lipinski definition) is 1. The van der Waals surface area contributed by atoms with Crippen molar-refractivity contribution < 1.29 is 14.3 Å². The Morgan fingerprint density at radius 1 is 1.16 bits per heavy atom. The van der Waals surface area contributed by atoms with Gasteiger partial charge in [-0.3, -0.25) is 14.5 Å². The van der Waals surface area contributed by atoms with Gasteiger partial charge in [0.25, 0.3) is 0 Å². The molecule has 0 radical (unpaired) electrons. The highest BCUT2D eigenvalue weighted by Crippen LogP contribution is 2.26. The second-order valence-corrected chi connectivity index (χ2v) is 9.30. The number of aromatic nitrogens is 2. The lowest BCUT2D eigenvalue weighted by Crippen LogP contribution is -2.52. The zero-order valence-corrected chi connectivity index (χ0v) is 18.9. The minimum absolute atomic E-state index is 0.0129. The minimum atomic E-state index is -0.138. The second kappa shape index (κ2) is 9.84. The van der Waals surface area contributed by atoms with Crippen LogP contribution in [0.2, 0.25) is 0 Å². The van der Waals surface area contributed by atoms with Gasteiger partial charge in [0, 0.05) is 43.3 Å². The van der Waals surface area contributed by atoms with E-state index in [4.69, 9.17) is 4.74 Å². The molecule has 3 heterocycles. The SMILES string of the molecule is Cc1nnc(-c2cccc(NC(=O)C3CCN(C(=O)[C@@H](C)N4CCOCC4)CC3)c2)s1. The van der Waals surface area contributed by atoms with Crippen LogP contribution in [0, 0.1) is 12.8 Å². The first-order valence-corrected chi connectivity index (χ1v) is 11.6. The molecule has 4 rings (SSSR count). The van der Waals surface area contributed by atoms with Crippen molar-refractivity contribution in [1.29, 1.82) is 0 Å². The molecule has 2 saturated heterocycles. The zero-order valence-electron chi connectivity index (χ0n) is 18.0. The van der Waals surface area contributed by atoms with Crippen LogP contribution in [0.3, 0.4) is 0 Å². The zero-order chi connectivity index (χ0) is 21.8. The van der Waals surface area contributed by atoms with Gasteiger partial charge in [-0.15, -0.1) is 10.2 Å². The molecule has 1 aromatic carbocycles. The molecule has 2 aromatic rings. The Morgan fingerprint density at radius 2 is 1.90 bits per heavy atom. The monoisotopic (exact) mass is 443 g/mol. The highest BCUT2D eigenvalue weighted by molar-refractivity contribution is 7.14. The maximum Gasteiger partial charge on any atom is 0.239 e. The number of nitrogens with one attached hydrogen (secondary N) is 1. The van der Waals surface area contributed by atoms with Gasteiger partial charge in [0.2, 0.25) is 11.8 Å². The summed E-state index contributed by atoms with van der Waals surface area (Å²) in [5.41, 5.74) is 1.70. The Bertz CT molecular complexity index is 919. The average molecular weight is 444 g/mol. The number of ether oxygens (including phenoxy) is 1. The van der Waals surface area contributed by atoms with Crippen LogP contribution in [0.1, 0.15) is 24.8 Å². The second-order valence-electron chi connectivity index (χ2n) is 8.12. The molecular weight excluding hydrogens is 414 g/mol. The number of carbonyl (C=O) groups is 2. The Balaban J connectivity index is 1.30. The molecule has 1 N–H and O–H groups in total. The summed E-state index contributed by atoms with van der Waals surface area (Å²) in [5, 5.41) is 13.0. The van der Waals surface area contributed by atoms with Gasteiger partial charge in [-0.1, -0.05) is 23.5 Å². The van der Waals surface area contributed by atoms with Crippen LogP contribution in [0.4, 0.5) is 5.69 Å². The minimum Gasteiger partial charge on any atom is -0.379 e. The summed E-state index contributed by atoms with van der Waals surface area (Å²) in [6, 6.07) is 7.56. The predicted molar refractivity (Wildman–Crippen MR) is 120 cm³/mol. The Morgan fingerprint density at radius 3 is 2.58 bits per heavy atom. The van der Waals surface area contributed by atoms with E-state index in [1.54, 1.807) is 0 Å². The van der Waals surface area contributed by atoms with E-state index in [-0.39, 0.29) is 23.8 Å². The number of likely N-dealkylation sites (tertiary alicyclic amines) is 1. The Labute approximate surface area is 186 Å². The van der Waals surface area contributed by atoms with Crippen molar-refractivity contribution in [1.82, 2.24) is 20.0 Å². The van der Waals surface area contributed by atoms with Crippen molar-refractivity contribution in [3.63, 3.8) is 0 Å². The fraction of sp³-hybridized carbons (Fsp3) is 0.545. The predicted octanol–water partition coefficient (Wildman–Crippen LogP) is 2.41. The van der Waals surface area contributed by atoms with E-state index < -0.39 is 0 Å². The Hall–Kier alpha value is -2.36. The van der Waals surface area contributed by atoms with E-state index >= 15 is 0 Å². The maximum atomic E-state index is 12.9. The molecule has 9 heteroatoms. The summed E-state index contributed by atoms with van der Waals surface area (Å²) in [6.07, 6.45) is 1.37. The first-order chi connectivity index (χ1) is 15.0. The first kappa shape index (κ1) is 21.9. The number of amides is 2. The van der Waals surface area contributed by atoms with Crippen molar-refractivity contribution >= 4 is 28.8 Å². The summed E-state index contributed by atoms with van der Waals surface area (Å²) < 4.78 is 5.38. The topological polar surface area (TPSA) is 87.7 Å². The summed E-state index contributed by atoms with van der Waals surface area (Å²) in [5.74, 6) is 0.0786. The molecule has 2 fully saturated rings. The number of aryl methyl sites for hydroxylation is 1. The van der Waals surface area contributed by atoms with Crippen molar-refractivity contribution in [2.24, 2.45) is 5.92 Å². The number of morpholine rings is 1. The highest BCUT2D eigenvalue weighted by Gasteiger charge is 2.32. The molecule has 0 spiro atoms. The lowest BCUT2D eigenvalue weighted by atomic mass is 9.95. The molecule has 8 nitrogen and oxygen atoms in total. The third-order valence-corrected chi connectivity index (χ3v) is 6.92. The fourth-order valence-corrected chi connectivity index (χ4v) is 4.82. The first-order valence-electron chi connectivity index (χ1n) is 10.8. The molecule has 0 bridgehead atoms. The largest absolute Gasteiger partial charge is 0.379 e. The van der Waals surface area contributed by atoms with Crippen molar-refractivity contribution in [3.05, 3.63) is 29.3 Å². The van der Waals surface area contributed by atoms with Gasteiger partial charge in [0.15, 0.2) is 0 Å². The number of hydrogen-bond acceptors (Lipinski definition) is 7. The van der Waals surface area contributed by atoms with Crippen LogP contribution in [0.15, 0.2) is 24.3 Å². The molecule has 2 aliphatic heterocycles. The van der Waals surface area contributed by atoms with Gasteiger partial charge in [-0.25, -0.2) is 0 Å². The summed E-state index contributed by atoms with van der Waals surface area (Å²) >= 11 is 1.53. The summed E-state index contributed by atoms with van der Waals surface area (Å²) in [7, 11) is 0. The van der Waals surface area contributed by atoms with E-state index in [0.29, 0.717) is 39.1 Å². The third-order valence-electron chi connectivity index (χ3n) is 6.03. The smallest absolute Gasteiger partial charge is 0.239 e. The standard InChI is InChI=1S/C22H29N5O3S/c1-15(26-10-12-30-13-11-26)22(29)27-8-6-17(7-9-27)20(28)23-19-5-3-4-18(14-19)21-25-24-16(2)31-21/h3-5,14-15,17H,6-13H2,1-2H3,(H,23,28)/t15-/m1/s1. The van der Waals surface area contributed by atoms with Crippen LogP contribution in [-0.2, 0) is 14.3 Å². The number of benzene rings is 1. The van der Waals surface area contributed by atoms with E-state index in [1.165, 1.54) is 11.3 Å². The summed E-state index contributed by atoms with van der Waals surface area (Å²) in [6.45, 7) is 8.08. The van der Waals surface area contributed by atoms with Crippen molar-refractivity contribution in [2.45, 2.75) is 32.7 Å². The quantitative estimate of drug-likeness (QED) is 0.764. The van der Waals surface area contributed by atoms with E-state index in [2.05, 4.69) is 20.4 Å². The molecule has 1 atom stereocenters. The van der Waals surface area contributed by atoms with Crippen molar-refractivity contribution in [3.8, 4) is 10.6 Å². The lowest BCUT2D eigenvalue weighted by molar-refractivity contribution is -0.140. The number of rotatable bonds is 5. The molecule has 31 heavy (non-hydrogen) atoms. The van der Waals surface area contributed by atoms with Crippen LogP contribution in [0.5, 0.6) is 0 Å². The van der Waals surface area contributed by atoms with Crippen molar-refractivity contribution in [2.75, 3.05) is 44.7 Å². The van der Waals surface area contributed by atoms with E-state index in [9.17, 15) is 9.59 Å². The van der Waals surface area contributed by atoms with Crippen LogP contribution < -0.4 is 5.32 Å². The maximum absolute atomic E-state index is 12.9. The fourth-order valence-electron chi connectivity index (χ4n) is 4.13. The van der Waals surface area contributed by atoms with Gasteiger partial charge >= 0.3 is 0 Å². The molecule has 0 saturated carbocycles. The van der Waals surface area contributed by atoms with E-state index in [0.717, 1.165) is 34.4 Å². The van der Waals surface area contributed by atoms with Crippen LogP contribution in [-0.4, -0.2) is 77.2 Å². The molecule has 2 aliphatic rings. The molecule has 166 valence electrons. The van der Waals surface area contributed by atoms with Crippen LogP contribution >= 0.6 is 11.3 Å². The lowest BCUT2D eigenvalue weighted by Gasteiger charge is -2.37. The van der Waals surface area contributed by atoms with Crippen LogP contribution in [0.25, 0.3) is 10.6 Å². The van der Waals surface area contributed by atoms with Gasteiger partial charge in [-0.05, 0) is 38.8 Å². The third kappa shape index (κ3) is 5.28. The Kier molecular flexibility index (Phi) is 6.94. The number of anilines is 1. The van der Waals surface area contributed by atoms with Gasteiger partial charge in [-0.2, -0.15) is 0 Å². The van der Waals surface area contributed by atoms with Gasteiger partial charge in [0.05, 0.1) is 19.3 Å². The molecule has 1 aromatic heterocycles. The molecule has 2 amide bonds. The molecule has 0 unspecified atom stereocenters. The summed E-state index contributed by atoms with van der Waals surface area (Å²) in [4.78, 5) is 29.8. The normalized spacial score (nSPS) is 19.2. The number of carbonyl (C=O) groups excluding carboxylic acids is 2. The van der Waals surface area contributed by atoms with Gasteiger partial charge in [0.1, 0.15) is 10.0 Å².